The van der Waals surface area contributed by atoms with Crippen molar-refractivity contribution in [1.82, 2.24) is 0 Å². The van der Waals surface area contributed by atoms with Crippen LogP contribution >= 0.6 is 0 Å². The number of rotatable bonds is 8. The van der Waals surface area contributed by atoms with Gasteiger partial charge in [0.2, 0.25) is 0 Å². The van der Waals surface area contributed by atoms with Gasteiger partial charge in [-0.25, -0.2) is 4.98 Å². The summed E-state index contributed by atoms with van der Waals surface area (Å²) in [6.45, 7) is 3.37. The van der Waals surface area contributed by atoms with Crippen molar-refractivity contribution < 1.29 is 43.5 Å². The van der Waals surface area contributed by atoms with Crippen molar-refractivity contribution in [2.24, 2.45) is 0 Å². The Bertz CT molecular complexity index is 503. The maximum atomic E-state index is 3.32. The van der Waals surface area contributed by atoms with Crippen LogP contribution in [0, 0.1) is 0 Å². The Hall–Kier alpha value is -0.740. The Balaban J connectivity index is 0.00000220. The molecule has 4 heteroatoms. The third kappa shape index (κ3) is 7.01. The lowest BCUT2D eigenvalue weighted by Gasteiger charge is -2.01. The molecule has 0 spiro atoms. The first kappa shape index (κ1) is 21.3. The van der Waals surface area contributed by atoms with E-state index in [-0.39, 0.29) is 34.0 Å². The molecule has 122 valence electrons. The van der Waals surface area contributed by atoms with Crippen molar-refractivity contribution >= 4 is 0 Å². The predicted octanol–water partition coefficient (Wildman–Crippen LogP) is -2.18. The summed E-state index contributed by atoms with van der Waals surface area (Å²) in [5.41, 5.74) is 2.45. The average molecular weight is 430 g/mol. The van der Waals surface area contributed by atoms with Gasteiger partial charge in [0.1, 0.15) is 6.54 Å². The Morgan fingerprint density at radius 1 is 0.864 bits per heavy atom. The van der Waals surface area contributed by atoms with E-state index in [0.29, 0.717) is 0 Å². The van der Waals surface area contributed by atoms with E-state index in [4.69, 9.17) is 0 Å². The van der Waals surface area contributed by atoms with Crippen molar-refractivity contribution in [2.75, 3.05) is 0 Å². The number of H-pyrrole nitrogens is 1. The average Bonchev–Trinajstić information content (AvgIpc) is 2.52. The molecule has 0 unspecified atom stereocenters. The van der Waals surface area contributed by atoms with Gasteiger partial charge in [0.15, 0.2) is 12.4 Å². The highest BCUT2D eigenvalue weighted by atomic mass is 79.9. The number of aryl methyl sites for hydroxylation is 1. The minimum atomic E-state index is 0. The number of nitrogens with zero attached hydrogens (tertiary/aromatic N) is 1. The molecular weight excluding hydrogens is 404 g/mol. The molecule has 2 aromatic rings. The summed E-state index contributed by atoms with van der Waals surface area (Å²) in [4.78, 5) is 3.32. The molecule has 2 heterocycles. The monoisotopic (exact) mass is 428 g/mol. The predicted molar refractivity (Wildman–Crippen MR) is 82.0 cm³/mol. The largest absolute Gasteiger partial charge is 1.00 e. The zero-order valence-electron chi connectivity index (χ0n) is 13.3. The van der Waals surface area contributed by atoms with Crippen LogP contribution in [0.1, 0.15) is 45.4 Å². The summed E-state index contributed by atoms with van der Waals surface area (Å²) < 4.78 is 2.35. The van der Waals surface area contributed by atoms with Gasteiger partial charge in [-0.15, -0.1) is 0 Å². The molecular formula is C18H26Br2N2. The fourth-order valence-corrected chi connectivity index (χ4v) is 2.53. The highest BCUT2D eigenvalue weighted by molar-refractivity contribution is 5.45. The summed E-state index contributed by atoms with van der Waals surface area (Å²) in [7, 11) is 0. The van der Waals surface area contributed by atoms with Crippen molar-refractivity contribution in [3.63, 3.8) is 0 Å². The second-order valence-electron chi connectivity index (χ2n) is 5.32. The minimum Gasteiger partial charge on any atom is -1.00 e. The third-order valence-corrected chi connectivity index (χ3v) is 3.68. The molecule has 1 N–H and O–H groups in total. The number of hydrogen-bond donors (Lipinski definition) is 0. The lowest BCUT2D eigenvalue weighted by Crippen LogP contribution is -3.00. The summed E-state index contributed by atoms with van der Waals surface area (Å²) in [5.74, 6) is 0. The quantitative estimate of drug-likeness (QED) is 0.335. The van der Waals surface area contributed by atoms with Crippen LogP contribution in [-0.2, 0) is 6.54 Å². The maximum absolute atomic E-state index is 3.32. The van der Waals surface area contributed by atoms with Crippen LogP contribution in [0.25, 0.3) is 11.4 Å². The molecule has 2 aromatic heterocycles. The lowest BCUT2D eigenvalue weighted by atomic mass is 10.1. The van der Waals surface area contributed by atoms with Gasteiger partial charge in [0, 0.05) is 30.7 Å². The molecule has 0 saturated heterocycles. The van der Waals surface area contributed by atoms with Crippen LogP contribution in [0.4, 0.5) is 0 Å². The van der Waals surface area contributed by atoms with Gasteiger partial charge in [-0.2, -0.15) is 4.57 Å². The van der Waals surface area contributed by atoms with Gasteiger partial charge in [-0.1, -0.05) is 32.6 Å². The van der Waals surface area contributed by atoms with Gasteiger partial charge < -0.3 is 34.0 Å². The second kappa shape index (κ2) is 12.8. The summed E-state index contributed by atoms with van der Waals surface area (Å²) in [5, 5.41) is 0. The molecule has 0 radical (unpaired) electrons. The number of aromatic amines is 1. The van der Waals surface area contributed by atoms with Crippen LogP contribution in [-0.4, -0.2) is 0 Å². The fourth-order valence-electron chi connectivity index (χ4n) is 2.53. The van der Waals surface area contributed by atoms with E-state index in [0.717, 1.165) is 6.54 Å². The zero-order valence-corrected chi connectivity index (χ0v) is 16.4. The standard InChI is InChI=1S/C18H25N2.2BrH/c1-2-3-4-5-6-10-15-20-16-11-8-13-18(20)17-12-7-9-14-19-17;;/h7-9,11-14,16H,2-6,10,15H2,1H3;2*1H/q+1;;/p-1. The number of nitrogens with one attached hydrogen (secondary N) is 1. The molecule has 22 heavy (non-hydrogen) atoms. The summed E-state index contributed by atoms with van der Waals surface area (Å²) in [6.07, 6.45) is 12.2. The van der Waals surface area contributed by atoms with Crippen LogP contribution in [0.2, 0.25) is 0 Å². The Labute approximate surface area is 155 Å². The van der Waals surface area contributed by atoms with Gasteiger partial charge >= 0.3 is 0 Å². The van der Waals surface area contributed by atoms with Crippen LogP contribution in [0.3, 0.4) is 0 Å². The van der Waals surface area contributed by atoms with E-state index < -0.39 is 0 Å². The van der Waals surface area contributed by atoms with Crippen molar-refractivity contribution in [2.45, 2.75) is 52.0 Å². The number of hydrogen-bond acceptors (Lipinski definition) is 0. The van der Waals surface area contributed by atoms with E-state index >= 15 is 0 Å². The first-order valence-electron chi connectivity index (χ1n) is 7.87. The molecule has 0 atom stereocenters. The Morgan fingerprint density at radius 2 is 1.59 bits per heavy atom. The molecule has 0 aliphatic carbocycles. The zero-order chi connectivity index (χ0) is 14.0. The topological polar surface area (TPSA) is 18.0 Å². The van der Waals surface area contributed by atoms with E-state index in [9.17, 15) is 0 Å². The summed E-state index contributed by atoms with van der Waals surface area (Å²) >= 11 is 0. The smallest absolute Gasteiger partial charge is 0.277 e. The molecule has 0 saturated carbocycles. The Morgan fingerprint density at radius 3 is 2.32 bits per heavy atom. The van der Waals surface area contributed by atoms with Crippen LogP contribution < -0.4 is 43.5 Å². The van der Waals surface area contributed by atoms with Gasteiger partial charge in [-0.05, 0) is 18.6 Å². The number of aromatic nitrogens is 2. The molecule has 0 aliphatic heterocycles. The third-order valence-electron chi connectivity index (χ3n) is 3.68. The first-order chi connectivity index (χ1) is 9.92. The molecule has 0 aromatic carbocycles. The molecule has 0 amide bonds. The van der Waals surface area contributed by atoms with E-state index in [2.05, 4.69) is 53.0 Å². The maximum Gasteiger partial charge on any atom is 0.277 e. The second-order valence-corrected chi connectivity index (χ2v) is 5.32. The highest BCUT2D eigenvalue weighted by Gasteiger charge is 2.16. The summed E-state index contributed by atoms with van der Waals surface area (Å²) in [6, 6.07) is 12.6. The van der Waals surface area contributed by atoms with Crippen molar-refractivity contribution in [1.29, 1.82) is 0 Å². The van der Waals surface area contributed by atoms with Gasteiger partial charge in [0.05, 0.1) is 0 Å². The van der Waals surface area contributed by atoms with E-state index in [1.807, 2.05) is 12.3 Å². The Kier molecular flexibility index (Phi) is 12.3. The van der Waals surface area contributed by atoms with E-state index in [1.54, 1.807) is 0 Å². The molecule has 0 aliphatic rings. The molecule has 0 fully saturated rings. The number of halogens is 2. The number of unbranched alkanes of at least 4 members (excludes halogenated alkanes) is 5. The van der Waals surface area contributed by atoms with E-state index in [1.165, 1.54) is 49.9 Å². The van der Waals surface area contributed by atoms with Gasteiger partial charge in [-0.3, -0.25) is 0 Å². The van der Waals surface area contributed by atoms with Gasteiger partial charge in [0.25, 0.3) is 11.4 Å². The number of pyridine rings is 2. The first-order valence-corrected chi connectivity index (χ1v) is 7.87. The van der Waals surface area contributed by atoms with Crippen molar-refractivity contribution in [3.05, 3.63) is 48.8 Å². The molecule has 2 rings (SSSR count). The minimum absolute atomic E-state index is 0. The fraction of sp³-hybridized carbons (Fsp3) is 0.444. The highest BCUT2D eigenvalue weighted by Crippen LogP contribution is 2.09. The molecule has 2 nitrogen and oxygen atoms in total. The normalized spacial score (nSPS) is 9.68. The van der Waals surface area contributed by atoms with Crippen molar-refractivity contribution in [3.8, 4) is 11.4 Å². The molecule has 0 bridgehead atoms. The van der Waals surface area contributed by atoms with Crippen LogP contribution in [0.5, 0.6) is 0 Å². The lowest BCUT2D eigenvalue weighted by molar-refractivity contribution is -0.689. The van der Waals surface area contributed by atoms with Crippen LogP contribution in [0.15, 0.2) is 48.8 Å². The SMILES string of the molecule is CCCCCCCC[n+]1ccccc1-c1cccc[nH+]1.[Br-].[Br-].